The van der Waals surface area contributed by atoms with Gasteiger partial charge in [0.2, 0.25) is 28.6 Å². The third-order valence-corrected chi connectivity index (χ3v) is 8.85. The van der Waals surface area contributed by atoms with Crippen LogP contribution in [-0.2, 0) is 26.2 Å². The molecule has 0 fully saturated rings. The van der Waals surface area contributed by atoms with Crippen molar-refractivity contribution in [2.75, 3.05) is 23.4 Å². The summed E-state index contributed by atoms with van der Waals surface area (Å²) in [5, 5.41) is 3.59. The smallest absolute Gasteiger partial charge is 0.244 e. The minimum absolute atomic E-state index is 0.0219. The molecule has 208 valence electrons. The second-order valence-corrected chi connectivity index (χ2v) is 11.9. The normalized spacial score (nSPS) is 14.1. The van der Waals surface area contributed by atoms with Crippen LogP contribution in [0.4, 0.5) is 5.69 Å². The number of rotatable bonds is 12. The van der Waals surface area contributed by atoms with Gasteiger partial charge in [0.15, 0.2) is 11.5 Å². The Morgan fingerprint density at radius 2 is 1.68 bits per heavy atom. The molecule has 0 saturated heterocycles. The Hall–Kier alpha value is -2.69. The first kappa shape index (κ1) is 29.9. The molecule has 12 heteroatoms. The van der Waals surface area contributed by atoms with Gasteiger partial charge in [-0.3, -0.25) is 13.9 Å². The molecule has 3 rings (SSSR count). The van der Waals surface area contributed by atoms with Gasteiger partial charge >= 0.3 is 0 Å². The van der Waals surface area contributed by atoms with E-state index in [2.05, 4.69) is 5.32 Å². The molecule has 1 N–H and O–H groups in total. The maximum absolute atomic E-state index is 13.9. The van der Waals surface area contributed by atoms with Gasteiger partial charge in [0.25, 0.3) is 0 Å². The molecule has 2 amide bonds. The predicted molar refractivity (Wildman–Crippen MR) is 148 cm³/mol. The van der Waals surface area contributed by atoms with Crippen molar-refractivity contribution in [3.8, 4) is 11.5 Å². The van der Waals surface area contributed by atoms with Crippen molar-refractivity contribution in [3.63, 3.8) is 0 Å². The summed E-state index contributed by atoms with van der Waals surface area (Å²) in [6.07, 6.45) is 1.000. The Kier molecular flexibility index (Phi) is 10.1. The van der Waals surface area contributed by atoms with E-state index in [9.17, 15) is 18.0 Å². The van der Waals surface area contributed by atoms with Crippen molar-refractivity contribution in [2.24, 2.45) is 0 Å². The molecule has 2 aromatic rings. The highest BCUT2D eigenvalue weighted by Gasteiger charge is 2.34. The molecule has 0 radical (unpaired) electrons. The lowest BCUT2D eigenvalue weighted by Gasteiger charge is -2.34. The van der Waals surface area contributed by atoms with Crippen LogP contribution < -0.4 is 19.1 Å². The number of nitrogens with one attached hydrogen (secondary N) is 1. The van der Waals surface area contributed by atoms with Crippen molar-refractivity contribution in [3.05, 3.63) is 52.0 Å². The maximum atomic E-state index is 13.9. The highest BCUT2D eigenvalue weighted by molar-refractivity contribution is 7.92. The first-order valence-corrected chi connectivity index (χ1v) is 14.8. The molecule has 1 aliphatic rings. The van der Waals surface area contributed by atoms with Crippen molar-refractivity contribution >= 4 is 50.7 Å². The molecule has 0 spiro atoms. The van der Waals surface area contributed by atoms with Crippen LogP contribution in [0.3, 0.4) is 0 Å². The lowest BCUT2D eigenvalue weighted by molar-refractivity contribution is -0.140. The molecule has 0 aromatic heterocycles. The zero-order chi connectivity index (χ0) is 28.0. The monoisotopic (exact) mass is 585 g/mol. The molecule has 0 bridgehead atoms. The third-order valence-electron chi connectivity index (χ3n) is 6.40. The second-order valence-electron chi connectivity index (χ2n) is 8.91. The van der Waals surface area contributed by atoms with Crippen molar-refractivity contribution < 1.29 is 27.5 Å². The Morgan fingerprint density at radius 3 is 2.29 bits per heavy atom. The van der Waals surface area contributed by atoms with E-state index in [1.807, 2.05) is 13.8 Å². The van der Waals surface area contributed by atoms with Crippen LogP contribution in [0.25, 0.3) is 0 Å². The molecule has 2 aromatic carbocycles. The van der Waals surface area contributed by atoms with Crippen molar-refractivity contribution in [2.45, 2.75) is 59.2 Å². The number of fused-ring (bicyclic) bond motifs is 1. The van der Waals surface area contributed by atoms with Crippen LogP contribution in [0.5, 0.6) is 11.5 Å². The van der Waals surface area contributed by atoms with Crippen LogP contribution in [0, 0.1) is 0 Å². The molecule has 9 nitrogen and oxygen atoms in total. The Morgan fingerprint density at radius 1 is 1.03 bits per heavy atom. The van der Waals surface area contributed by atoms with Crippen LogP contribution in [0.15, 0.2) is 36.4 Å². The summed E-state index contributed by atoms with van der Waals surface area (Å²) in [6.45, 7) is 6.50. The van der Waals surface area contributed by atoms with Crippen LogP contribution in [-0.4, -0.2) is 56.3 Å². The molecule has 2 atom stereocenters. The van der Waals surface area contributed by atoms with Gasteiger partial charge in [0, 0.05) is 34.3 Å². The lowest BCUT2D eigenvalue weighted by Crippen LogP contribution is -2.53. The highest BCUT2D eigenvalue weighted by atomic mass is 35.5. The number of ether oxygens (including phenoxy) is 2. The van der Waals surface area contributed by atoms with Gasteiger partial charge in [-0.25, -0.2) is 8.42 Å². The first-order chi connectivity index (χ1) is 18.0. The minimum atomic E-state index is -3.89. The van der Waals surface area contributed by atoms with Gasteiger partial charge in [-0.05, 0) is 51.0 Å². The fourth-order valence-electron chi connectivity index (χ4n) is 3.97. The Labute approximate surface area is 234 Å². The largest absolute Gasteiger partial charge is 0.454 e. The van der Waals surface area contributed by atoms with E-state index in [-0.39, 0.29) is 36.7 Å². The molecular formula is C26H33Cl2N3O6S. The minimum Gasteiger partial charge on any atom is -0.454 e. The van der Waals surface area contributed by atoms with Gasteiger partial charge in [-0.15, -0.1) is 0 Å². The summed E-state index contributed by atoms with van der Waals surface area (Å²) in [6, 6.07) is 8.65. The lowest BCUT2D eigenvalue weighted by atomic mass is 10.1. The van der Waals surface area contributed by atoms with Gasteiger partial charge in [0.1, 0.15) is 12.6 Å². The fraction of sp³-hybridized carbons (Fsp3) is 0.462. The van der Waals surface area contributed by atoms with Crippen LogP contribution in [0.2, 0.25) is 10.0 Å². The third kappa shape index (κ3) is 6.84. The van der Waals surface area contributed by atoms with Crippen LogP contribution >= 0.6 is 23.2 Å². The van der Waals surface area contributed by atoms with Crippen LogP contribution in [0.1, 0.15) is 46.1 Å². The van der Waals surface area contributed by atoms with E-state index in [4.69, 9.17) is 32.7 Å². The molecular weight excluding hydrogens is 553 g/mol. The number of nitrogens with zero attached hydrogens (tertiary/aromatic N) is 2. The summed E-state index contributed by atoms with van der Waals surface area (Å²) in [4.78, 5) is 28.5. The highest BCUT2D eigenvalue weighted by Crippen LogP contribution is 2.36. The molecule has 38 heavy (non-hydrogen) atoms. The molecule has 1 aliphatic heterocycles. The number of benzene rings is 2. The molecule has 0 aliphatic carbocycles. The number of carbonyl (C=O) groups is 2. The number of amides is 2. The standard InChI is InChI=1S/C26H33Cl2N3O6S/c1-5-17(4)29-26(33)22(6-2)30(14-19-20(27)9-8-10-21(19)28)25(32)15-31(38(34,35)7-3)18-11-12-23-24(13-18)37-16-36-23/h8-13,17,22H,5-7,14-16H2,1-4H3,(H,29,33)/t17-,22-/m1/s1. The van der Waals surface area contributed by atoms with E-state index in [1.165, 1.54) is 17.9 Å². The second kappa shape index (κ2) is 12.9. The number of hydrogen-bond donors (Lipinski definition) is 1. The van der Waals surface area contributed by atoms with Gasteiger partial charge in [-0.2, -0.15) is 0 Å². The summed E-state index contributed by atoms with van der Waals surface area (Å²) < 4.78 is 38.1. The van der Waals surface area contributed by atoms with Crippen molar-refractivity contribution in [1.29, 1.82) is 0 Å². The summed E-state index contributed by atoms with van der Waals surface area (Å²) >= 11 is 12.8. The zero-order valence-corrected chi connectivity index (χ0v) is 24.2. The number of anilines is 1. The average molecular weight is 587 g/mol. The molecule has 1 heterocycles. The van der Waals surface area contributed by atoms with Crippen molar-refractivity contribution in [1.82, 2.24) is 10.2 Å². The molecule has 0 unspecified atom stereocenters. The average Bonchev–Trinajstić information content (AvgIpc) is 3.36. The number of halogens is 2. The fourth-order valence-corrected chi connectivity index (χ4v) is 5.54. The Bertz CT molecular complexity index is 1250. The zero-order valence-electron chi connectivity index (χ0n) is 21.9. The van der Waals surface area contributed by atoms with E-state index >= 15 is 0 Å². The number of hydrogen-bond acceptors (Lipinski definition) is 6. The number of carbonyl (C=O) groups excluding carboxylic acids is 2. The SMILES string of the molecule is CC[C@@H](C)NC(=O)[C@@H](CC)N(Cc1c(Cl)cccc1Cl)C(=O)CN(c1ccc2c(c1)OCO2)S(=O)(=O)CC. The van der Waals surface area contributed by atoms with Gasteiger partial charge < -0.3 is 19.7 Å². The number of sulfonamides is 1. The predicted octanol–water partition coefficient (Wildman–Crippen LogP) is 4.60. The van der Waals surface area contributed by atoms with Gasteiger partial charge in [0.05, 0.1) is 11.4 Å². The summed E-state index contributed by atoms with van der Waals surface area (Å²) in [5.74, 6) is -0.299. The van der Waals surface area contributed by atoms with Gasteiger partial charge in [-0.1, -0.05) is 43.1 Å². The quantitative estimate of drug-likeness (QED) is 0.390. The Balaban J connectivity index is 2.02. The summed E-state index contributed by atoms with van der Waals surface area (Å²) in [5.41, 5.74) is 0.712. The van der Waals surface area contributed by atoms with E-state index in [0.717, 1.165) is 4.31 Å². The first-order valence-electron chi connectivity index (χ1n) is 12.4. The van der Waals surface area contributed by atoms with E-state index in [0.29, 0.717) is 39.9 Å². The molecule has 0 saturated carbocycles. The van der Waals surface area contributed by atoms with E-state index in [1.54, 1.807) is 37.3 Å². The topological polar surface area (TPSA) is 105 Å². The van der Waals surface area contributed by atoms with E-state index < -0.39 is 28.5 Å². The summed E-state index contributed by atoms with van der Waals surface area (Å²) in [7, 11) is -3.89. The maximum Gasteiger partial charge on any atom is 0.244 e.